The topological polar surface area (TPSA) is 76.0 Å². The van der Waals surface area contributed by atoms with Crippen LogP contribution in [0, 0.1) is 0 Å². The molecular weight excluding hydrogens is 530 g/mol. The van der Waals surface area contributed by atoms with Crippen LogP contribution in [0.4, 0.5) is 8.78 Å². The highest BCUT2D eigenvalue weighted by Gasteiger charge is 2.32. The summed E-state index contributed by atoms with van der Waals surface area (Å²) in [6.45, 7) is 1.52. The van der Waals surface area contributed by atoms with Crippen LogP contribution in [-0.2, 0) is 21.4 Å². The summed E-state index contributed by atoms with van der Waals surface area (Å²) in [5.41, 5.74) is 4.62. The van der Waals surface area contributed by atoms with Crippen LogP contribution in [0.1, 0.15) is 40.8 Å². The number of allylic oxidation sites excluding steroid dienone is 4. The molecule has 5 rings (SSSR count). The van der Waals surface area contributed by atoms with Crippen LogP contribution in [0.3, 0.4) is 0 Å². The maximum Gasteiger partial charge on any atom is 0.244 e. The van der Waals surface area contributed by atoms with Gasteiger partial charge in [0.2, 0.25) is 15.9 Å². The molecule has 0 radical (unpaired) electrons. The molecule has 0 saturated heterocycles. The Bertz CT molecular complexity index is 1570. The van der Waals surface area contributed by atoms with Crippen LogP contribution in [0.15, 0.2) is 89.0 Å². The molecule has 2 aliphatic heterocycles. The first-order valence-electron chi connectivity index (χ1n) is 11.8. The van der Waals surface area contributed by atoms with Crippen molar-refractivity contribution in [2.45, 2.75) is 31.2 Å². The van der Waals surface area contributed by atoms with Gasteiger partial charge in [0.25, 0.3) is 0 Å². The average molecular weight is 555 g/mol. The fraction of sp³-hybridized carbons (Fsp3) is 0.214. The van der Waals surface area contributed by atoms with Crippen molar-refractivity contribution in [3.8, 4) is 5.75 Å². The maximum atomic E-state index is 13.7. The van der Waals surface area contributed by atoms with E-state index in [0.717, 1.165) is 50.2 Å². The van der Waals surface area contributed by atoms with Gasteiger partial charge in [-0.15, -0.1) is 0 Å². The Balaban J connectivity index is 1.49. The second kappa shape index (κ2) is 10.3. The minimum Gasteiger partial charge on any atom is -0.489 e. The van der Waals surface area contributed by atoms with E-state index in [1.165, 1.54) is 13.0 Å². The number of hydrogen-bond donors (Lipinski definition) is 0. The molecule has 2 atom stereocenters. The number of hydrogen-bond acceptors (Lipinski definition) is 6. The molecule has 10 heteroatoms. The fourth-order valence-electron chi connectivity index (χ4n) is 4.51. The third-order valence-electron chi connectivity index (χ3n) is 6.28. The zero-order chi connectivity index (χ0) is 27.0. The van der Waals surface area contributed by atoms with Crippen molar-refractivity contribution in [2.75, 3.05) is 6.26 Å². The number of benzene rings is 2. The molecule has 1 amide bonds. The van der Waals surface area contributed by atoms with E-state index in [1.807, 2.05) is 60.7 Å². The Morgan fingerprint density at radius 1 is 1.13 bits per heavy atom. The number of sulfonamides is 1. The van der Waals surface area contributed by atoms with Crippen molar-refractivity contribution in [3.05, 3.63) is 106 Å². The van der Waals surface area contributed by atoms with E-state index in [9.17, 15) is 22.0 Å². The molecule has 38 heavy (non-hydrogen) atoms. The molecule has 0 saturated carbocycles. The summed E-state index contributed by atoms with van der Waals surface area (Å²) in [4.78, 5) is 16.8. The number of dihydropyridines is 1. The predicted octanol–water partition coefficient (Wildman–Crippen LogP) is 6.00. The molecule has 0 N–H and O–H groups in total. The van der Waals surface area contributed by atoms with Gasteiger partial charge >= 0.3 is 0 Å². The van der Waals surface area contributed by atoms with Crippen molar-refractivity contribution >= 4 is 39.7 Å². The molecule has 0 fully saturated rings. The molecule has 6 nitrogen and oxygen atoms in total. The Hall–Kier alpha value is -3.50. The largest absolute Gasteiger partial charge is 0.489 e. The number of ether oxygens (including phenoxy) is 1. The van der Waals surface area contributed by atoms with E-state index in [2.05, 4.69) is 4.99 Å². The molecular formula is C28H24F2N2O4S2. The van der Waals surface area contributed by atoms with Gasteiger partial charge in [-0.3, -0.25) is 9.79 Å². The third-order valence-corrected chi connectivity index (χ3v) is 9.38. The Kier molecular flexibility index (Phi) is 7.11. The summed E-state index contributed by atoms with van der Waals surface area (Å²) >= 11 is 0.929. The van der Waals surface area contributed by atoms with E-state index >= 15 is 0 Å². The summed E-state index contributed by atoms with van der Waals surface area (Å²) in [6, 6.07) is 12.6. The van der Waals surface area contributed by atoms with Gasteiger partial charge in [-0.1, -0.05) is 42.5 Å². The minimum atomic E-state index is -3.82. The molecule has 2 aromatic rings. The lowest BCUT2D eigenvalue weighted by atomic mass is 9.95. The number of amides is 1. The van der Waals surface area contributed by atoms with Gasteiger partial charge in [0.15, 0.2) is 11.7 Å². The van der Waals surface area contributed by atoms with E-state index < -0.39 is 38.9 Å². The lowest BCUT2D eigenvalue weighted by Gasteiger charge is -2.25. The summed E-state index contributed by atoms with van der Waals surface area (Å²) in [6.07, 6.45) is 9.32. The molecule has 0 aromatic heterocycles. The highest BCUT2D eigenvalue weighted by molar-refractivity contribution is 8.09. The Morgan fingerprint density at radius 3 is 2.68 bits per heavy atom. The number of fused-ring (bicyclic) bond motifs is 3. The average Bonchev–Trinajstić information content (AvgIpc) is 3.02. The maximum absolute atomic E-state index is 13.7. The first-order valence-corrected chi connectivity index (χ1v) is 14.5. The smallest absolute Gasteiger partial charge is 0.244 e. The highest BCUT2D eigenvalue weighted by atomic mass is 32.3. The fourth-order valence-corrected chi connectivity index (χ4v) is 6.84. The van der Waals surface area contributed by atoms with Crippen molar-refractivity contribution in [1.82, 2.24) is 3.71 Å². The molecule has 1 aliphatic carbocycles. The van der Waals surface area contributed by atoms with Gasteiger partial charge in [0.1, 0.15) is 12.4 Å². The molecule has 0 spiro atoms. The lowest BCUT2D eigenvalue weighted by molar-refractivity contribution is -0.120. The number of halogens is 2. The zero-order valence-electron chi connectivity index (χ0n) is 20.6. The van der Waals surface area contributed by atoms with Crippen LogP contribution < -0.4 is 4.74 Å². The van der Waals surface area contributed by atoms with Crippen LogP contribution >= 0.6 is 11.9 Å². The molecule has 2 unspecified atom stereocenters. The van der Waals surface area contributed by atoms with E-state index in [4.69, 9.17) is 4.74 Å². The summed E-state index contributed by atoms with van der Waals surface area (Å²) in [5, 5.41) is -0.523. The van der Waals surface area contributed by atoms with Gasteiger partial charge in [-0.25, -0.2) is 17.2 Å². The van der Waals surface area contributed by atoms with Crippen LogP contribution in [-0.4, -0.2) is 36.0 Å². The number of carbonyl (C=O) groups excluding carboxylic acids is 1. The predicted molar refractivity (Wildman–Crippen MR) is 145 cm³/mol. The third kappa shape index (κ3) is 5.37. The second-order valence-corrected chi connectivity index (χ2v) is 12.2. The van der Waals surface area contributed by atoms with Crippen LogP contribution in [0.25, 0.3) is 6.08 Å². The van der Waals surface area contributed by atoms with Crippen molar-refractivity contribution < 1.29 is 26.7 Å². The zero-order valence-corrected chi connectivity index (χ0v) is 22.2. The molecule has 3 aliphatic rings. The SMILES string of the molecule is CC(=O)N(SC1c2ccccc2COc2ccc(C=CC3=NC4C=C(F)C(F)=CC4=CC3)cc21)S(C)(=O)=O. The van der Waals surface area contributed by atoms with E-state index in [-0.39, 0.29) is 0 Å². The number of nitrogens with zero attached hydrogens (tertiary/aromatic N) is 2. The minimum absolute atomic E-state index is 0.306. The van der Waals surface area contributed by atoms with Gasteiger partial charge in [0, 0.05) is 24.6 Å². The first-order chi connectivity index (χ1) is 18.1. The van der Waals surface area contributed by atoms with Gasteiger partial charge in [-0.2, -0.15) is 3.71 Å². The molecule has 2 aromatic carbocycles. The monoisotopic (exact) mass is 554 g/mol. The van der Waals surface area contributed by atoms with Crippen molar-refractivity contribution in [2.24, 2.45) is 4.99 Å². The summed E-state index contributed by atoms with van der Waals surface area (Å²) in [7, 11) is -3.82. The van der Waals surface area contributed by atoms with Crippen LogP contribution in [0.2, 0.25) is 0 Å². The molecule has 0 bridgehead atoms. The molecule has 2 heterocycles. The standard InChI is InChI=1S/C28H24F2N2O4S2/c1-17(33)32(38(2,34)35)37-28-22-6-4-3-5-20(22)16-36-27-12-8-18(13-23(27)28)7-10-21-11-9-19-14-24(29)25(30)15-26(19)31-21/h3-10,12-15,26,28H,11,16H2,1-2H3. The lowest BCUT2D eigenvalue weighted by Crippen LogP contribution is -2.29. The first kappa shape index (κ1) is 26.1. The number of aliphatic imine (C=N–C) groups is 1. The van der Waals surface area contributed by atoms with Gasteiger partial charge < -0.3 is 4.74 Å². The van der Waals surface area contributed by atoms with Crippen molar-refractivity contribution in [1.29, 1.82) is 0 Å². The Labute approximate surface area is 224 Å². The quantitative estimate of drug-likeness (QED) is 0.424. The number of carbonyl (C=O) groups is 1. The van der Waals surface area contributed by atoms with E-state index in [1.54, 1.807) is 0 Å². The van der Waals surface area contributed by atoms with Gasteiger partial charge in [-0.05, 0) is 64.6 Å². The summed E-state index contributed by atoms with van der Waals surface area (Å²) in [5.74, 6) is -1.80. The van der Waals surface area contributed by atoms with Crippen molar-refractivity contribution in [3.63, 3.8) is 0 Å². The van der Waals surface area contributed by atoms with Crippen LogP contribution in [0.5, 0.6) is 5.75 Å². The van der Waals surface area contributed by atoms with E-state index in [0.29, 0.717) is 30.1 Å². The Morgan fingerprint density at radius 2 is 1.92 bits per heavy atom. The highest BCUT2D eigenvalue weighted by Crippen LogP contribution is 2.46. The summed E-state index contributed by atoms with van der Waals surface area (Å²) < 4.78 is 58.9. The second-order valence-electron chi connectivity index (χ2n) is 9.09. The normalized spacial score (nSPS) is 20.5. The number of rotatable bonds is 5. The molecule has 196 valence electrons. The van der Waals surface area contributed by atoms with Gasteiger partial charge in [0.05, 0.1) is 17.5 Å².